The number of Topliss-reactive ketones (excluding diaryl/α,β-unsaturated/α-hetero) is 2. The molecule has 4 aromatic rings. The van der Waals surface area contributed by atoms with E-state index in [0.717, 1.165) is 0 Å². The summed E-state index contributed by atoms with van der Waals surface area (Å²) in [5.74, 6) is -0.958. The van der Waals surface area contributed by atoms with E-state index in [2.05, 4.69) is 20.2 Å². The molecule has 0 radical (unpaired) electrons. The smallest absolute Gasteiger partial charge is 0.184 e. The van der Waals surface area contributed by atoms with Crippen LogP contribution in [0.4, 0.5) is 8.78 Å². The molecule has 2 heterocycles. The van der Waals surface area contributed by atoms with E-state index in [1.807, 2.05) is 0 Å². The summed E-state index contributed by atoms with van der Waals surface area (Å²) in [4.78, 5) is 30.7. The molecule has 0 aliphatic carbocycles. The molecule has 0 fully saturated rings. The lowest BCUT2D eigenvalue weighted by molar-refractivity contribution is 0.0959. The molecule has 4 rings (SSSR count). The summed E-state index contributed by atoms with van der Waals surface area (Å²) in [7, 11) is 0. The molecule has 0 aliphatic heterocycles. The SMILES string of the molecule is O.O=C(Cn1cncn1)c1ccc(F)cc1.O=C(Cn1cncn1)c1ccc(F)cc1. The molecular weight excluding hydrogens is 410 g/mol. The zero-order valence-corrected chi connectivity index (χ0v) is 16.1. The maximum atomic E-state index is 12.6. The standard InChI is InChI=1S/2C10H8FN3O.H2O/c2*11-9-3-1-8(2-4-9)10(15)5-14-7-12-6-13-14;/h2*1-4,6-7H,5H2;1H2. The molecule has 0 saturated heterocycles. The Labute approximate surface area is 175 Å². The number of rotatable bonds is 6. The van der Waals surface area contributed by atoms with E-state index in [-0.39, 0.29) is 41.8 Å². The van der Waals surface area contributed by atoms with Crippen molar-refractivity contribution in [2.75, 3.05) is 0 Å². The first kappa shape index (κ1) is 23.2. The zero-order valence-electron chi connectivity index (χ0n) is 16.1. The lowest BCUT2D eigenvalue weighted by Gasteiger charge is -2.00. The molecule has 0 atom stereocenters. The van der Waals surface area contributed by atoms with E-state index >= 15 is 0 Å². The highest BCUT2D eigenvalue weighted by molar-refractivity contribution is 5.96. The summed E-state index contributed by atoms with van der Waals surface area (Å²) in [6.45, 7) is 0.233. The molecule has 11 heteroatoms. The van der Waals surface area contributed by atoms with Crippen LogP contribution in [-0.2, 0) is 13.1 Å². The fourth-order valence-corrected chi connectivity index (χ4v) is 2.38. The second-order valence-electron chi connectivity index (χ2n) is 6.05. The molecule has 0 spiro atoms. The van der Waals surface area contributed by atoms with Gasteiger partial charge in [0.25, 0.3) is 0 Å². The number of nitrogens with zero attached hydrogens (tertiary/aromatic N) is 6. The Morgan fingerprint density at radius 3 is 1.32 bits per heavy atom. The van der Waals surface area contributed by atoms with Gasteiger partial charge in [-0.1, -0.05) is 0 Å². The highest BCUT2D eigenvalue weighted by Crippen LogP contribution is 2.05. The first-order valence-electron chi connectivity index (χ1n) is 8.73. The Morgan fingerprint density at radius 2 is 1.03 bits per heavy atom. The van der Waals surface area contributed by atoms with Crippen LogP contribution in [0.25, 0.3) is 0 Å². The van der Waals surface area contributed by atoms with Gasteiger partial charge >= 0.3 is 0 Å². The molecule has 0 bridgehead atoms. The first-order chi connectivity index (χ1) is 14.5. The Hall–Kier alpha value is -4.12. The van der Waals surface area contributed by atoms with E-state index in [1.54, 1.807) is 0 Å². The van der Waals surface area contributed by atoms with Crippen LogP contribution in [0, 0.1) is 11.6 Å². The Kier molecular flexibility index (Phi) is 8.34. The van der Waals surface area contributed by atoms with Crippen LogP contribution in [0.3, 0.4) is 0 Å². The summed E-state index contributed by atoms with van der Waals surface area (Å²) in [6, 6.07) is 10.8. The van der Waals surface area contributed by atoms with Gasteiger partial charge in [0.15, 0.2) is 11.6 Å². The monoisotopic (exact) mass is 428 g/mol. The maximum Gasteiger partial charge on any atom is 0.184 e. The number of hydrogen-bond acceptors (Lipinski definition) is 6. The van der Waals surface area contributed by atoms with Crippen molar-refractivity contribution in [2.45, 2.75) is 13.1 Å². The van der Waals surface area contributed by atoms with Gasteiger partial charge in [-0.2, -0.15) is 10.2 Å². The van der Waals surface area contributed by atoms with Crippen molar-refractivity contribution < 1.29 is 23.8 Å². The predicted molar refractivity (Wildman–Crippen MR) is 105 cm³/mol. The Balaban J connectivity index is 0.000000213. The summed E-state index contributed by atoms with van der Waals surface area (Å²) in [5.41, 5.74) is 0.929. The number of halogens is 2. The van der Waals surface area contributed by atoms with Gasteiger partial charge in [-0.25, -0.2) is 28.1 Å². The fraction of sp³-hybridized carbons (Fsp3) is 0.100. The molecule has 9 nitrogen and oxygen atoms in total. The molecule has 0 amide bonds. The van der Waals surface area contributed by atoms with Crippen molar-refractivity contribution in [1.82, 2.24) is 29.5 Å². The van der Waals surface area contributed by atoms with E-state index < -0.39 is 0 Å². The molecule has 0 unspecified atom stereocenters. The lowest BCUT2D eigenvalue weighted by Crippen LogP contribution is -2.10. The van der Waals surface area contributed by atoms with Crippen molar-refractivity contribution in [3.05, 3.63) is 96.6 Å². The van der Waals surface area contributed by atoms with Crippen LogP contribution in [0.1, 0.15) is 20.7 Å². The summed E-state index contributed by atoms with van der Waals surface area (Å²) in [5, 5.41) is 7.62. The Bertz CT molecular complexity index is 993. The van der Waals surface area contributed by atoms with Crippen molar-refractivity contribution in [1.29, 1.82) is 0 Å². The average molecular weight is 428 g/mol. The molecule has 0 saturated carbocycles. The van der Waals surface area contributed by atoms with Gasteiger partial charge in [0.05, 0.1) is 0 Å². The zero-order chi connectivity index (χ0) is 21.3. The quantitative estimate of drug-likeness (QED) is 0.431. The van der Waals surface area contributed by atoms with Crippen LogP contribution in [0.2, 0.25) is 0 Å². The number of aromatic nitrogens is 6. The van der Waals surface area contributed by atoms with Crippen molar-refractivity contribution in [2.24, 2.45) is 0 Å². The maximum absolute atomic E-state index is 12.6. The van der Waals surface area contributed by atoms with E-state index in [9.17, 15) is 18.4 Å². The second-order valence-corrected chi connectivity index (χ2v) is 6.05. The second kappa shape index (κ2) is 11.2. The van der Waals surface area contributed by atoms with Crippen molar-refractivity contribution in [3.63, 3.8) is 0 Å². The van der Waals surface area contributed by atoms with E-state index in [4.69, 9.17) is 0 Å². The van der Waals surface area contributed by atoms with Crippen LogP contribution in [0.15, 0.2) is 73.8 Å². The largest absolute Gasteiger partial charge is 0.412 e. The fourth-order valence-electron chi connectivity index (χ4n) is 2.38. The minimum Gasteiger partial charge on any atom is -0.412 e. The average Bonchev–Trinajstić information content (AvgIpc) is 3.44. The normalized spacial score (nSPS) is 9.87. The summed E-state index contributed by atoms with van der Waals surface area (Å²) < 4.78 is 28.0. The van der Waals surface area contributed by atoms with Gasteiger partial charge in [0, 0.05) is 11.1 Å². The minimum atomic E-state index is -0.354. The van der Waals surface area contributed by atoms with Crippen molar-refractivity contribution in [3.8, 4) is 0 Å². The topological polar surface area (TPSA) is 127 Å². The molecule has 31 heavy (non-hydrogen) atoms. The highest BCUT2D eigenvalue weighted by atomic mass is 19.1. The Morgan fingerprint density at radius 1 is 0.677 bits per heavy atom. The molecule has 2 N–H and O–H groups in total. The van der Waals surface area contributed by atoms with Gasteiger partial charge in [-0.15, -0.1) is 0 Å². The summed E-state index contributed by atoms with van der Waals surface area (Å²) >= 11 is 0. The molecule has 0 aliphatic rings. The van der Waals surface area contributed by atoms with Gasteiger partial charge in [0.2, 0.25) is 0 Å². The number of ketones is 2. The van der Waals surface area contributed by atoms with Gasteiger partial charge in [-0.3, -0.25) is 9.59 Å². The van der Waals surface area contributed by atoms with E-state index in [0.29, 0.717) is 11.1 Å². The van der Waals surface area contributed by atoms with Crippen LogP contribution >= 0.6 is 0 Å². The van der Waals surface area contributed by atoms with Crippen LogP contribution in [-0.4, -0.2) is 46.6 Å². The first-order valence-corrected chi connectivity index (χ1v) is 8.73. The highest BCUT2D eigenvalue weighted by Gasteiger charge is 2.07. The number of benzene rings is 2. The third-order valence-corrected chi connectivity index (χ3v) is 3.88. The van der Waals surface area contributed by atoms with Gasteiger partial charge in [0.1, 0.15) is 50.0 Å². The molecular formula is C20H18F2N6O3. The third-order valence-electron chi connectivity index (χ3n) is 3.88. The van der Waals surface area contributed by atoms with Crippen LogP contribution < -0.4 is 0 Å². The summed E-state index contributed by atoms with van der Waals surface area (Å²) in [6.07, 6.45) is 5.64. The number of hydrogen-bond donors (Lipinski definition) is 0. The third kappa shape index (κ3) is 7.01. The predicted octanol–water partition coefficient (Wildman–Crippen LogP) is 1.78. The van der Waals surface area contributed by atoms with Gasteiger partial charge < -0.3 is 5.48 Å². The molecule has 160 valence electrons. The number of carbonyl (C=O) groups excluding carboxylic acids is 2. The lowest BCUT2D eigenvalue weighted by atomic mass is 10.1. The number of carbonyl (C=O) groups is 2. The van der Waals surface area contributed by atoms with Crippen molar-refractivity contribution >= 4 is 11.6 Å². The molecule has 2 aromatic heterocycles. The van der Waals surface area contributed by atoms with E-state index in [1.165, 1.54) is 83.2 Å². The molecule has 2 aromatic carbocycles. The minimum absolute atomic E-state index is 0. The van der Waals surface area contributed by atoms with Crippen LogP contribution in [0.5, 0.6) is 0 Å². The van der Waals surface area contributed by atoms with Gasteiger partial charge in [-0.05, 0) is 48.5 Å².